The first-order valence-corrected chi connectivity index (χ1v) is 19.6. The third-order valence-electron chi connectivity index (χ3n) is 7.51. The van der Waals surface area contributed by atoms with E-state index in [0.717, 1.165) is 25.7 Å². The largest absolute Gasteiger partial charge is 0.386 e. The first kappa shape index (κ1) is 47.5. The molecule has 0 saturated heterocycles. The Balaban J connectivity index is 3.34. The van der Waals surface area contributed by atoms with Crippen molar-refractivity contribution in [1.29, 1.82) is 0 Å². The van der Waals surface area contributed by atoms with Gasteiger partial charge in [0.2, 0.25) is 17.7 Å². The molecule has 0 saturated carbocycles. The number of hydrazone groups is 1. The highest BCUT2D eigenvalue weighted by Crippen LogP contribution is 2.14. The van der Waals surface area contributed by atoms with Gasteiger partial charge in [-0.15, -0.1) is 0 Å². The molecule has 0 aliphatic carbocycles. The van der Waals surface area contributed by atoms with E-state index in [1.54, 1.807) is 0 Å². The van der Waals surface area contributed by atoms with Crippen molar-refractivity contribution in [2.24, 2.45) is 16.7 Å². The fourth-order valence-electron chi connectivity index (χ4n) is 4.75. The molecule has 0 aliphatic rings. The molecule has 0 aromatic heterocycles. The normalized spacial score (nSPS) is 11.4. The van der Waals surface area contributed by atoms with Crippen LogP contribution in [0.2, 0.25) is 0 Å². The lowest BCUT2D eigenvalue weighted by molar-refractivity contribution is -0.127. The van der Waals surface area contributed by atoms with E-state index in [9.17, 15) is 19.2 Å². The second-order valence-corrected chi connectivity index (χ2v) is 13.2. The Morgan fingerprint density at radius 2 is 0.980 bits per heavy atom. The zero-order chi connectivity index (χ0) is 36.8. The van der Waals surface area contributed by atoms with Gasteiger partial charge < -0.3 is 45.9 Å². The van der Waals surface area contributed by atoms with Crippen molar-refractivity contribution in [3.8, 4) is 0 Å². The minimum Gasteiger partial charge on any atom is -0.386 e. The zero-order valence-corrected chi connectivity index (χ0v) is 31.6. The predicted molar refractivity (Wildman–Crippen MR) is 199 cm³/mol. The summed E-state index contributed by atoms with van der Waals surface area (Å²) in [7, 11) is 0. The fraction of sp³-hybridized carbons (Fsp3) is 0.857. The maximum Gasteiger partial charge on any atom is 0.246 e. The summed E-state index contributed by atoms with van der Waals surface area (Å²) < 4.78 is 23.9. The molecule has 0 rings (SSSR count). The highest BCUT2D eigenvalue weighted by atomic mass is 32.2. The third kappa shape index (κ3) is 38.3. The van der Waals surface area contributed by atoms with Gasteiger partial charge in [-0.1, -0.05) is 89.0 Å². The van der Waals surface area contributed by atoms with Crippen LogP contribution in [-0.4, -0.2) is 101 Å². The molecule has 0 heterocycles. The first-order valence-electron chi connectivity index (χ1n) is 18.6. The second kappa shape index (κ2) is 37.8. The van der Waals surface area contributed by atoms with Crippen molar-refractivity contribution in [3.63, 3.8) is 0 Å². The van der Waals surface area contributed by atoms with Gasteiger partial charge in [0.05, 0.1) is 39.6 Å². The van der Waals surface area contributed by atoms with Crippen molar-refractivity contribution in [2.45, 2.75) is 122 Å². The molecule has 0 unspecified atom stereocenters. The van der Waals surface area contributed by atoms with Gasteiger partial charge in [0.1, 0.15) is 19.0 Å². The molecule has 0 aromatic rings. The fourth-order valence-corrected chi connectivity index (χ4v) is 5.40. The number of carbonyl (C=O) groups is 4. The lowest BCUT2D eigenvalue weighted by atomic mass is 10.0. The molecule has 292 valence electrons. The van der Waals surface area contributed by atoms with Gasteiger partial charge in [-0.2, -0.15) is 5.10 Å². The van der Waals surface area contributed by atoms with Crippen LogP contribution in [0.5, 0.6) is 0 Å². The summed E-state index contributed by atoms with van der Waals surface area (Å²) >= 11 is 1.36. The van der Waals surface area contributed by atoms with E-state index in [-0.39, 0.29) is 43.3 Å². The number of ketones is 1. The standard InChI is InChI=1S/C35H68N6O8S/c1-31(42)29-48-26-24-47-23-21-39-35(45)30-49-27-25-46-22-20-38-33(43)19-16-28-50-41-34(44)18-15-13-11-9-7-5-3-2-4-6-8-10-12-14-17-32(36)40-37/h2-30,37H2,1H3,(H2,36,40)(H,38,43)(H,39,45)(H,41,44). The SMILES string of the molecule is CC(=O)COCCOCCNC(=O)COCCOCCNC(=O)CCCSNC(=O)CCCCCCCCCCCCCCCCC(N)=NN. The molecule has 0 fully saturated rings. The average molecular weight is 733 g/mol. The number of unbranched alkanes of at least 4 members (excludes halogenated alkanes) is 13. The summed E-state index contributed by atoms with van der Waals surface area (Å²) in [6, 6.07) is 0. The number of nitrogens with zero attached hydrogens (tertiary/aromatic N) is 1. The number of hydrogen-bond donors (Lipinski definition) is 5. The van der Waals surface area contributed by atoms with Crippen molar-refractivity contribution in [1.82, 2.24) is 15.4 Å². The Hall–Kier alpha value is -2.46. The molecule has 3 amide bonds. The Kier molecular flexibility index (Phi) is 35.9. The van der Waals surface area contributed by atoms with Crippen LogP contribution in [0.25, 0.3) is 0 Å². The highest BCUT2D eigenvalue weighted by Gasteiger charge is 2.05. The molecule has 7 N–H and O–H groups in total. The molecule has 15 heteroatoms. The summed E-state index contributed by atoms with van der Waals surface area (Å²) in [6.07, 6.45) is 19.6. The van der Waals surface area contributed by atoms with E-state index in [4.69, 9.17) is 30.5 Å². The maximum atomic E-state index is 12.0. The number of Topliss-reactive ketones (excluding diaryl/α,β-unsaturated/α-hetero) is 1. The van der Waals surface area contributed by atoms with E-state index >= 15 is 0 Å². The number of amides is 3. The van der Waals surface area contributed by atoms with Gasteiger partial charge in [0.15, 0.2) is 5.78 Å². The Morgan fingerprint density at radius 1 is 0.540 bits per heavy atom. The number of amidine groups is 1. The van der Waals surface area contributed by atoms with Crippen molar-refractivity contribution >= 4 is 41.3 Å². The summed E-state index contributed by atoms with van der Waals surface area (Å²) in [5.41, 5.74) is 5.60. The predicted octanol–water partition coefficient (Wildman–Crippen LogP) is 3.89. The molecule has 14 nitrogen and oxygen atoms in total. The van der Waals surface area contributed by atoms with Gasteiger partial charge in [-0.25, -0.2) is 0 Å². The molecule has 0 atom stereocenters. The van der Waals surface area contributed by atoms with Crippen molar-refractivity contribution in [3.05, 3.63) is 0 Å². The molecule has 0 spiro atoms. The molecular weight excluding hydrogens is 664 g/mol. The smallest absolute Gasteiger partial charge is 0.246 e. The topological polar surface area (TPSA) is 206 Å². The van der Waals surface area contributed by atoms with Crippen LogP contribution in [0, 0.1) is 0 Å². The lowest BCUT2D eigenvalue weighted by Crippen LogP contribution is -2.31. The lowest BCUT2D eigenvalue weighted by Gasteiger charge is -2.08. The molecular formula is C35H68N6O8S. The van der Waals surface area contributed by atoms with E-state index < -0.39 is 0 Å². The summed E-state index contributed by atoms with van der Waals surface area (Å²) in [5.74, 6) is 6.10. The summed E-state index contributed by atoms with van der Waals surface area (Å²) in [6.45, 7) is 4.17. The van der Waals surface area contributed by atoms with Crippen LogP contribution < -0.4 is 26.9 Å². The molecule has 0 aliphatic heterocycles. The number of rotatable bonds is 38. The third-order valence-corrected chi connectivity index (χ3v) is 8.37. The Bertz CT molecular complexity index is 884. The minimum atomic E-state index is -0.249. The van der Waals surface area contributed by atoms with Gasteiger partial charge in [-0.05, 0) is 26.2 Å². The second-order valence-electron chi connectivity index (χ2n) is 12.3. The zero-order valence-electron chi connectivity index (χ0n) is 30.8. The molecule has 0 bridgehead atoms. The number of carbonyl (C=O) groups excluding carboxylic acids is 4. The minimum absolute atomic E-state index is 0.0358. The average Bonchev–Trinajstić information content (AvgIpc) is 3.09. The first-order chi connectivity index (χ1) is 24.3. The van der Waals surface area contributed by atoms with Crippen LogP contribution in [0.1, 0.15) is 122 Å². The van der Waals surface area contributed by atoms with E-state index in [0.29, 0.717) is 77.0 Å². The highest BCUT2D eigenvalue weighted by molar-refractivity contribution is 7.97. The molecule has 0 aromatic carbocycles. The number of hydrogen-bond acceptors (Lipinski definition) is 11. The van der Waals surface area contributed by atoms with Crippen LogP contribution in [0.3, 0.4) is 0 Å². The van der Waals surface area contributed by atoms with Gasteiger partial charge in [-0.3, -0.25) is 19.2 Å². The van der Waals surface area contributed by atoms with Crippen LogP contribution in [0.4, 0.5) is 0 Å². The van der Waals surface area contributed by atoms with Gasteiger partial charge in [0, 0.05) is 38.1 Å². The van der Waals surface area contributed by atoms with Gasteiger partial charge >= 0.3 is 0 Å². The molecule has 50 heavy (non-hydrogen) atoms. The summed E-state index contributed by atoms with van der Waals surface area (Å²) in [4.78, 5) is 46.5. The number of nitrogens with one attached hydrogen (secondary N) is 3. The van der Waals surface area contributed by atoms with Crippen LogP contribution in [0.15, 0.2) is 5.10 Å². The Morgan fingerprint density at radius 3 is 1.50 bits per heavy atom. The van der Waals surface area contributed by atoms with E-state index in [1.807, 2.05) is 0 Å². The van der Waals surface area contributed by atoms with Crippen molar-refractivity contribution < 1.29 is 38.1 Å². The van der Waals surface area contributed by atoms with Gasteiger partial charge in [0.25, 0.3) is 0 Å². The number of ether oxygens (including phenoxy) is 4. The Labute approximate surface area is 305 Å². The number of nitrogens with two attached hydrogens (primary N) is 2. The van der Waals surface area contributed by atoms with Crippen LogP contribution in [-0.2, 0) is 38.1 Å². The summed E-state index contributed by atoms with van der Waals surface area (Å²) in [5, 5.41) is 8.98. The van der Waals surface area contributed by atoms with E-state index in [1.165, 1.54) is 89.5 Å². The van der Waals surface area contributed by atoms with Crippen molar-refractivity contribution in [2.75, 3.05) is 71.7 Å². The maximum absolute atomic E-state index is 12.0. The quantitative estimate of drug-likeness (QED) is 0.0154. The van der Waals surface area contributed by atoms with E-state index in [2.05, 4.69) is 20.5 Å². The monoisotopic (exact) mass is 732 g/mol. The van der Waals surface area contributed by atoms with Crippen LogP contribution >= 0.6 is 11.9 Å². The molecule has 0 radical (unpaired) electrons.